The summed E-state index contributed by atoms with van der Waals surface area (Å²) < 4.78 is 7.11. The van der Waals surface area contributed by atoms with Gasteiger partial charge in [-0.1, -0.05) is 42.5 Å². The minimum Gasteiger partial charge on any atom is -0.477 e. The van der Waals surface area contributed by atoms with Crippen LogP contribution in [-0.4, -0.2) is 15.6 Å². The largest absolute Gasteiger partial charge is 0.477 e. The molecule has 22 heavy (non-hydrogen) atoms. The van der Waals surface area contributed by atoms with E-state index in [4.69, 9.17) is 4.42 Å². The second-order valence-electron chi connectivity index (χ2n) is 5.23. The van der Waals surface area contributed by atoms with Crippen LogP contribution in [0.2, 0.25) is 0 Å². The quantitative estimate of drug-likeness (QED) is 0.617. The zero-order chi connectivity index (χ0) is 15.1. The average molecular weight is 291 g/mol. The number of benzene rings is 2. The summed E-state index contributed by atoms with van der Waals surface area (Å²) >= 11 is 0. The summed E-state index contributed by atoms with van der Waals surface area (Å²) in [5.74, 6) is -0.952. The summed E-state index contributed by atoms with van der Waals surface area (Å²) in [7, 11) is 0. The molecule has 0 saturated carbocycles. The molecule has 0 aliphatic carbocycles. The normalized spacial score (nSPS) is 11.3. The fourth-order valence-electron chi connectivity index (χ4n) is 2.93. The Morgan fingerprint density at radius 3 is 2.77 bits per heavy atom. The maximum atomic E-state index is 11.5. The number of fused-ring (bicyclic) bond motifs is 2. The van der Waals surface area contributed by atoms with Crippen molar-refractivity contribution < 1.29 is 14.3 Å². The number of aromatic carboxylic acids is 1. The van der Waals surface area contributed by atoms with Crippen molar-refractivity contribution >= 4 is 27.8 Å². The second-order valence-corrected chi connectivity index (χ2v) is 5.23. The van der Waals surface area contributed by atoms with Gasteiger partial charge in [0.25, 0.3) is 0 Å². The van der Waals surface area contributed by atoms with E-state index in [1.165, 1.54) is 0 Å². The lowest BCUT2D eigenvalue weighted by molar-refractivity contribution is 0.0686. The highest BCUT2D eigenvalue weighted by Gasteiger charge is 2.17. The van der Waals surface area contributed by atoms with E-state index in [0.717, 1.165) is 21.9 Å². The van der Waals surface area contributed by atoms with Crippen LogP contribution in [0.15, 0.2) is 65.3 Å². The molecule has 4 heteroatoms. The topological polar surface area (TPSA) is 55.4 Å². The van der Waals surface area contributed by atoms with Crippen molar-refractivity contribution in [3.05, 3.63) is 72.1 Å². The molecule has 0 spiro atoms. The van der Waals surface area contributed by atoms with Crippen molar-refractivity contribution in [3.63, 3.8) is 0 Å². The van der Waals surface area contributed by atoms with Crippen molar-refractivity contribution in [1.82, 2.24) is 4.57 Å². The smallest absolute Gasteiger partial charge is 0.352 e. The average Bonchev–Trinajstić information content (AvgIpc) is 3.10. The van der Waals surface area contributed by atoms with Gasteiger partial charge in [0.1, 0.15) is 5.69 Å². The van der Waals surface area contributed by atoms with Crippen molar-refractivity contribution in [2.24, 2.45) is 0 Å². The molecule has 0 amide bonds. The molecule has 4 nitrogen and oxygen atoms in total. The van der Waals surface area contributed by atoms with Crippen LogP contribution in [0, 0.1) is 0 Å². The fraction of sp³-hybridized carbons (Fsp3) is 0.0556. The van der Waals surface area contributed by atoms with Crippen molar-refractivity contribution in [1.29, 1.82) is 0 Å². The molecule has 0 unspecified atom stereocenters. The Bertz CT molecular complexity index is 989. The first-order valence-electron chi connectivity index (χ1n) is 7.01. The third kappa shape index (κ3) is 1.89. The number of carboxylic acids is 1. The molecule has 0 fully saturated rings. The first-order valence-corrected chi connectivity index (χ1v) is 7.01. The molecule has 2 aromatic carbocycles. The van der Waals surface area contributed by atoms with Crippen LogP contribution in [0.4, 0.5) is 0 Å². The Labute approximate surface area is 126 Å². The molecule has 2 heterocycles. The molecule has 1 N–H and O–H groups in total. The van der Waals surface area contributed by atoms with Crippen LogP contribution in [-0.2, 0) is 6.54 Å². The molecule has 0 radical (unpaired) electrons. The minimum atomic E-state index is -0.952. The van der Waals surface area contributed by atoms with E-state index in [-0.39, 0.29) is 5.69 Å². The molecule has 4 rings (SSSR count). The number of carboxylic acid groups (broad SMARTS) is 1. The predicted molar refractivity (Wildman–Crippen MR) is 84.2 cm³/mol. The number of aromatic nitrogens is 1. The van der Waals surface area contributed by atoms with Gasteiger partial charge in [-0.3, -0.25) is 0 Å². The van der Waals surface area contributed by atoms with E-state index in [2.05, 4.69) is 18.2 Å². The zero-order valence-corrected chi connectivity index (χ0v) is 11.7. The fourth-order valence-corrected chi connectivity index (χ4v) is 2.93. The van der Waals surface area contributed by atoms with Crippen LogP contribution < -0.4 is 0 Å². The van der Waals surface area contributed by atoms with E-state index in [9.17, 15) is 9.90 Å². The highest BCUT2D eigenvalue weighted by Crippen LogP contribution is 2.25. The number of nitrogens with zero attached hydrogens (tertiary/aromatic N) is 1. The Kier molecular flexibility index (Phi) is 2.76. The summed E-state index contributed by atoms with van der Waals surface area (Å²) in [6.07, 6.45) is 1.58. The van der Waals surface area contributed by atoms with Crippen LogP contribution in [0.3, 0.4) is 0 Å². The number of carbonyl (C=O) groups is 1. The summed E-state index contributed by atoms with van der Waals surface area (Å²) in [5, 5.41) is 11.7. The molecule has 0 aliphatic rings. The molecule has 0 saturated heterocycles. The van der Waals surface area contributed by atoms with Crippen LogP contribution >= 0.6 is 0 Å². The van der Waals surface area contributed by atoms with Gasteiger partial charge in [0, 0.05) is 18.7 Å². The van der Waals surface area contributed by atoms with Crippen molar-refractivity contribution in [2.75, 3.05) is 0 Å². The molecular formula is C18H13NO3. The lowest BCUT2D eigenvalue weighted by Gasteiger charge is -2.10. The summed E-state index contributed by atoms with van der Waals surface area (Å²) in [4.78, 5) is 11.5. The first kappa shape index (κ1) is 12.7. The van der Waals surface area contributed by atoms with Gasteiger partial charge >= 0.3 is 5.97 Å². The van der Waals surface area contributed by atoms with Gasteiger partial charge in [0.15, 0.2) is 5.58 Å². The molecule has 2 aromatic heterocycles. The molecule has 0 aliphatic heterocycles. The van der Waals surface area contributed by atoms with Gasteiger partial charge in [0.2, 0.25) is 0 Å². The molecular weight excluding hydrogens is 278 g/mol. The minimum absolute atomic E-state index is 0.238. The maximum absolute atomic E-state index is 11.5. The lowest BCUT2D eigenvalue weighted by atomic mass is 10.0. The van der Waals surface area contributed by atoms with Gasteiger partial charge in [-0.05, 0) is 16.3 Å². The monoisotopic (exact) mass is 291 g/mol. The Balaban J connectivity index is 1.91. The number of hydrogen-bond donors (Lipinski definition) is 1. The third-order valence-corrected chi connectivity index (χ3v) is 3.95. The van der Waals surface area contributed by atoms with Gasteiger partial charge < -0.3 is 14.1 Å². The van der Waals surface area contributed by atoms with Crippen molar-refractivity contribution in [3.8, 4) is 0 Å². The second kappa shape index (κ2) is 4.77. The Morgan fingerprint density at radius 1 is 1.09 bits per heavy atom. The highest BCUT2D eigenvalue weighted by molar-refractivity contribution is 5.93. The number of rotatable bonds is 3. The van der Waals surface area contributed by atoms with E-state index < -0.39 is 5.97 Å². The predicted octanol–water partition coefficient (Wildman–Crippen LogP) is 4.13. The van der Waals surface area contributed by atoms with E-state index in [1.54, 1.807) is 23.0 Å². The number of hydrogen-bond acceptors (Lipinski definition) is 2. The molecule has 0 bridgehead atoms. The maximum Gasteiger partial charge on any atom is 0.352 e. The third-order valence-electron chi connectivity index (χ3n) is 3.95. The van der Waals surface area contributed by atoms with Crippen LogP contribution in [0.25, 0.3) is 21.9 Å². The highest BCUT2D eigenvalue weighted by atomic mass is 16.4. The van der Waals surface area contributed by atoms with Crippen LogP contribution in [0.1, 0.15) is 16.1 Å². The van der Waals surface area contributed by atoms with Crippen LogP contribution in [0.5, 0.6) is 0 Å². The zero-order valence-electron chi connectivity index (χ0n) is 11.7. The molecule has 0 atom stereocenters. The summed E-state index contributed by atoms with van der Waals surface area (Å²) in [6.45, 7) is 0.492. The molecule has 4 aromatic rings. The van der Waals surface area contributed by atoms with E-state index in [0.29, 0.717) is 12.1 Å². The van der Waals surface area contributed by atoms with E-state index in [1.807, 2.05) is 24.3 Å². The van der Waals surface area contributed by atoms with Gasteiger partial charge in [-0.15, -0.1) is 0 Å². The molecule has 108 valence electrons. The lowest BCUT2D eigenvalue weighted by Crippen LogP contribution is -2.09. The van der Waals surface area contributed by atoms with Gasteiger partial charge in [-0.2, -0.15) is 0 Å². The summed E-state index contributed by atoms with van der Waals surface area (Å²) in [5.41, 5.74) is 2.71. The standard InChI is InChI=1S/C18H13NO3/c20-18(21)16-10-17-15(8-9-22-17)19(16)11-13-6-3-5-12-4-1-2-7-14(12)13/h1-10H,11H2,(H,20,21). The first-order chi connectivity index (χ1) is 10.7. The Hall–Kier alpha value is -3.01. The summed E-state index contributed by atoms with van der Waals surface area (Å²) in [6, 6.07) is 17.6. The Morgan fingerprint density at radius 2 is 1.91 bits per heavy atom. The number of furan rings is 1. The van der Waals surface area contributed by atoms with Gasteiger partial charge in [-0.25, -0.2) is 4.79 Å². The van der Waals surface area contributed by atoms with Crippen molar-refractivity contribution in [2.45, 2.75) is 6.54 Å². The SMILES string of the molecule is O=C(O)c1cc2occc2n1Cc1cccc2ccccc12. The van der Waals surface area contributed by atoms with E-state index >= 15 is 0 Å². The van der Waals surface area contributed by atoms with Gasteiger partial charge in [0.05, 0.1) is 11.8 Å².